The molecule has 42 heteroatoms. The summed E-state index contributed by atoms with van der Waals surface area (Å²) in [6.07, 6.45) is -1.56. The van der Waals surface area contributed by atoms with Crippen molar-refractivity contribution < 1.29 is 102 Å². The van der Waals surface area contributed by atoms with Crippen molar-refractivity contribution in [1.29, 1.82) is 0 Å². The van der Waals surface area contributed by atoms with Crippen LogP contribution in [0.5, 0.6) is 0 Å². The van der Waals surface area contributed by atoms with Crippen LogP contribution in [0.3, 0.4) is 0 Å². The minimum atomic E-state index is -4.64. The fourth-order valence-electron chi connectivity index (χ4n) is 13.5. The standard InChI is InChI=1S/C22H17ClF4N2O2.C18H11ClF3NO3.C13H12BrNO3.C9H7BrNO.C9H6BrNO.C9H6BrN.C7H5BClF3O2.C4H7BrO2.C4H8FN/c23-18-5-4-14(10-17(18)22(25,26)27)16-3-1-2-13-6-8-29(21(31)20(13)16)12-19(30)28-9-7-15(24)11-28;19-14-5-4-11(8-13(14)18(20,21)22)12-3-1-2-10-6-7-23(9-15(24)25)17(26)16(10)12;1-2-18-11(16)8-15-7-6-9-4-3-5-10(14)12(9)13(15)17;10-9-3-1-2-7-4-5-11(12)6-8(7)9;10-7-3-1-2-6-4-5-11-9(12)8(6)7;10-9-3-1-2-7-4-5-11-6-8(7)9;9-6-2-1-4(8(13)14)3-5(6)7(10,11)12;1-2-7-4(6)3-5;5-4-1-2-6-3-4/h1-6,8,10,15H,7,9,11-12H2;1-8H,9H2,(H,24,25);3-7H,2,8H2,1H3;1-6,12H;1-5H,(H,11,12);1-6H;1-3,13-14H;2-3H2,1H3;4,6H,1-3H2/q;;;+1;;;;;. The van der Waals surface area contributed by atoms with Crippen molar-refractivity contribution >= 4 is 215 Å². The summed E-state index contributed by atoms with van der Waals surface area (Å²) in [7, 11) is -1.94. The third-order valence-electron chi connectivity index (χ3n) is 20.0. The number of nitrogens with one attached hydrogen (secondary N) is 2. The van der Waals surface area contributed by atoms with Crippen molar-refractivity contribution in [3.05, 3.63) is 341 Å². The average Bonchev–Trinajstić information content (AvgIpc) is 0.984. The van der Waals surface area contributed by atoms with Gasteiger partial charge in [0.1, 0.15) is 37.3 Å². The molecule has 2 fully saturated rings. The van der Waals surface area contributed by atoms with E-state index in [9.17, 15) is 86.7 Å². The van der Waals surface area contributed by atoms with Gasteiger partial charge in [-0.2, -0.15) is 39.5 Å². The number of aromatic amines is 1. The number of hydrogen-bond acceptors (Lipinski definition) is 15. The van der Waals surface area contributed by atoms with Crippen LogP contribution in [0.1, 0.15) is 43.4 Å². The number of carbonyl (C=O) groups is 4. The van der Waals surface area contributed by atoms with E-state index in [1.165, 1.54) is 50.0 Å². The highest BCUT2D eigenvalue weighted by molar-refractivity contribution is 9.11. The smallest absolute Gasteiger partial charge is 0.480 e. The fraction of sp³-hybridized carbons (Fsp3) is 0.200. The maximum Gasteiger partial charge on any atom is 0.488 e. The van der Waals surface area contributed by atoms with Gasteiger partial charge in [0.15, 0.2) is 0 Å². The van der Waals surface area contributed by atoms with Crippen LogP contribution in [0, 0.1) is 0 Å². The first-order chi connectivity index (χ1) is 64.9. The van der Waals surface area contributed by atoms with Gasteiger partial charge in [0.05, 0.1) is 78.4 Å². The number of benzene rings is 9. The van der Waals surface area contributed by atoms with Gasteiger partial charge in [-0.05, 0) is 232 Å². The molecule has 17 rings (SSSR count). The van der Waals surface area contributed by atoms with Crippen LogP contribution in [-0.2, 0) is 66.8 Å². The second-order valence-corrected chi connectivity index (χ2v) is 34.6. The number of hydrogen-bond donors (Lipinski definition) is 6. The van der Waals surface area contributed by atoms with Gasteiger partial charge in [0.25, 0.3) is 22.2 Å². The molecule has 0 radical (unpaired) electrons. The molecule has 9 aromatic carbocycles. The number of rotatable bonds is 12. The Labute approximate surface area is 829 Å². The van der Waals surface area contributed by atoms with Gasteiger partial charge >= 0.3 is 43.6 Å². The molecule has 0 bridgehead atoms. The summed E-state index contributed by atoms with van der Waals surface area (Å²) in [6, 6.07) is 53.1. The topological polar surface area (TPSA) is 299 Å². The lowest BCUT2D eigenvalue weighted by Gasteiger charge is -2.17. The number of halogens is 19. The second kappa shape index (κ2) is 50.9. The zero-order valence-corrected chi connectivity index (χ0v) is 81.8. The number of carbonyl (C=O) groups excluding carboxylic acids is 3. The van der Waals surface area contributed by atoms with Gasteiger partial charge in [-0.3, -0.25) is 48.5 Å². The summed E-state index contributed by atoms with van der Waals surface area (Å²) < 4.78 is 159. The van der Waals surface area contributed by atoms with E-state index in [4.69, 9.17) is 59.9 Å². The van der Waals surface area contributed by atoms with Crippen molar-refractivity contribution in [1.82, 2.24) is 33.9 Å². The van der Waals surface area contributed by atoms with E-state index in [1.54, 1.807) is 99.4 Å². The van der Waals surface area contributed by atoms with Gasteiger partial charge < -0.3 is 53.5 Å². The molecular formula is C95H79BBr5Cl3F11N8O14+. The monoisotopic (exact) mass is 2280 g/mol. The molecule has 2 aliphatic rings. The molecular weight excluding hydrogens is 2200 g/mol. The number of H-pyrrole nitrogens is 1. The number of aromatic nitrogens is 6. The predicted molar refractivity (Wildman–Crippen MR) is 523 cm³/mol. The van der Waals surface area contributed by atoms with Crippen molar-refractivity contribution in [3.63, 3.8) is 0 Å². The molecule has 2 aliphatic heterocycles. The van der Waals surface area contributed by atoms with E-state index < -0.39 is 99.4 Å². The summed E-state index contributed by atoms with van der Waals surface area (Å²) >= 11 is 33.2. The van der Waals surface area contributed by atoms with Crippen molar-refractivity contribution in [2.24, 2.45) is 0 Å². The van der Waals surface area contributed by atoms with Crippen LogP contribution >= 0.6 is 114 Å². The molecule has 6 aromatic heterocycles. The van der Waals surface area contributed by atoms with Gasteiger partial charge in [0.2, 0.25) is 18.3 Å². The van der Waals surface area contributed by atoms with Crippen LogP contribution in [0.25, 0.3) is 86.9 Å². The Morgan fingerprint density at radius 1 is 0.518 bits per heavy atom. The number of esters is 2. The normalized spacial score (nSPS) is 13.2. The maximum atomic E-state index is 13.4. The summed E-state index contributed by atoms with van der Waals surface area (Å²) in [4.78, 5) is 102. The van der Waals surface area contributed by atoms with E-state index in [-0.39, 0.29) is 82.0 Å². The summed E-state index contributed by atoms with van der Waals surface area (Å²) in [6.45, 7) is 5.12. The van der Waals surface area contributed by atoms with Crippen LogP contribution in [0.15, 0.2) is 287 Å². The number of alkyl halides is 12. The number of nitrogens with zero attached hydrogens (tertiary/aromatic N) is 6. The predicted octanol–water partition coefficient (Wildman–Crippen LogP) is 21.4. The van der Waals surface area contributed by atoms with Crippen molar-refractivity contribution in [2.75, 3.05) is 44.7 Å². The first kappa shape index (κ1) is 109. The first-order valence-electron chi connectivity index (χ1n) is 40.8. The Hall–Kier alpha value is -11.2. The number of likely N-dealkylation sites (tertiary alicyclic amines) is 1. The van der Waals surface area contributed by atoms with E-state index in [1.807, 2.05) is 85.1 Å². The molecule has 718 valence electrons. The van der Waals surface area contributed by atoms with Crippen molar-refractivity contribution in [2.45, 2.75) is 77.2 Å². The van der Waals surface area contributed by atoms with Crippen molar-refractivity contribution in [3.8, 4) is 22.3 Å². The second-order valence-electron chi connectivity index (χ2n) is 29.4. The third-order valence-corrected chi connectivity index (χ3v) is 24.1. The molecule has 1 amide bonds. The third kappa shape index (κ3) is 30.9. The molecule has 0 saturated carbocycles. The van der Waals surface area contributed by atoms with E-state index in [2.05, 4.69) is 106 Å². The van der Waals surface area contributed by atoms with Crippen LogP contribution in [0.4, 0.5) is 48.3 Å². The zero-order valence-electron chi connectivity index (χ0n) is 71.6. The number of fused-ring (bicyclic) bond motifs is 6. The van der Waals surface area contributed by atoms with E-state index in [0.29, 0.717) is 71.2 Å². The molecule has 0 aliphatic carbocycles. The van der Waals surface area contributed by atoms with Gasteiger partial charge in [-0.1, -0.05) is 170 Å². The van der Waals surface area contributed by atoms with Gasteiger partial charge in [0, 0.05) is 84.3 Å². The Morgan fingerprint density at radius 3 is 1.41 bits per heavy atom. The summed E-state index contributed by atoms with van der Waals surface area (Å²) in [5.41, 5.74) is -3.77. The Kier molecular flexibility index (Phi) is 40.7. The molecule has 2 unspecified atom stereocenters. The van der Waals surface area contributed by atoms with E-state index >= 15 is 0 Å². The minimum Gasteiger partial charge on any atom is -0.480 e. The number of carboxylic acids is 1. The van der Waals surface area contributed by atoms with Crippen LogP contribution in [0.2, 0.25) is 15.1 Å². The minimum absolute atomic E-state index is 0.00257. The quantitative estimate of drug-likeness (QED) is 0.0165. The van der Waals surface area contributed by atoms with Crippen LogP contribution in [-0.4, -0.2) is 137 Å². The molecule has 15 aromatic rings. The van der Waals surface area contributed by atoms with E-state index in [0.717, 1.165) is 97.1 Å². The number of aliphatic carboxylic acids is 1. The Morgan fingerprint density at radius 2 is 0.964 bits per heavy atom. The molecule has 0 spiro atoms. The molecule has 22 nitrogen and oxygen atoms in total. The lowest BCUT2D eigenvalue weighted by atomic mass is 9.79. The highest BCUT2D eigenvalue weighted by Gasteiger charge is 2.37. The highest BCUT2D eigenvalue weighted by atomic mass is 79.9. The fourth-order valence-corrected chi connectivity index (χ4v) is 16.4. The largest absolute Gasteiger partial charge is 0.488 e. The zero-order chi connectivity index (χ0) is 100. The molecule has 137 heavy (non-hydrogen) atoms. The van der Waals surface area contributed by atoms with Gasteiger partial charge in [-0.25, -0.2) is 8.78 Å². The maximum absolute atomic E-state index is 13.4. The number of pyridine rings is 6. The van der Waals surface area contributed by atoms with Gasteiger partial charge in [-0.15, -0.1) is 0 Å². The lowest BCUT2D eigenvalue weighted by Crippen LogP contribution is -2.35. The summed E-state index contributed by atoms with van der Waals surface area (Å²) in [5.74, 6) is -2.20. The van der Waals surface area contributed by atoms with Crippen LogP contribution < -0.4 is 37.7 Å². The number of ether oxygens (including phenoxy) is 2. The Bertz CT molecular complexity index is 7080. The average molecular weight is 2280 g/mol. The first-order valence-corrected chi connectivity index (χ1v) is 46.2. The summed E-state index contributed by atoms with van der Waals surface area (Å²) in [5, 5.41) is 46.1. The molecule has 2 atom stereocenters. The lowest BCUT2D eigenvalue weighted by molar-refractivity contribution is -0.904. The molecule has 8 heterocycles. The SMILES string of the molecule is Brc1cccc2ccncc12.CCOC(=O)CBr.CCOC(=O)Cn1ccc2cccc(Br)c2c1=O.FC1CCNC1.O=C(Cn1ccc2cccc(-c3ccc(Cl)c(C(F)(F)F)c3)c2c1=O)N1CCC(F)C1.O=C(O)Cn1ccc2cccc(-c3ccc(Cl)c(C(F)(F)F)c3)c2c1=O.O=c1[nH]ccc2cccc(Br)c12.OB(O)c1ccc(Cl)c(C(F)(F)F)c1.O[n+]1ccc2cccc(Br)c2c1. The molecule has 2 saturated heterocycles. The number of amides is 1. The number of carboxylic acid groups (broad SMARTS) is 1. The Balaban J connectivity index is 0.000000180. The highest BCUT2D eigenvalue weighted by Crippen LogP contribution is 2.41. The molecule has 6 N–H and O–H groups in total.